The monoisotopic (exact) mass is 288 g/mol. The SMILES string of the molecule is COCCOCCCOc1ccc(OC)cc1CCl. The second-order valence-electron chi connectivity index (χ2n) is 3.91. The summed E-state index contributed by atoms with van der Waals surface area (Å²) in [5.41, 5.74) is 0.932. The van der Waals surface area contributed by atoms with E-state index in [0.29, 0.717) is 32.3 Å². The van der Waals surface area contributed by atoms with Gasteiger partial charge < -0.3 is 18.9 Å². The molecule has 0 heterocycles. The van der Waals surface area contributed by atoms with Gasteiger partial charge in [-0.15, -0.1) is 11.6 Å². The summed E-state index contributed by atoms with van der Waals surface area (Å²) in [6.07, 6.45) is 0.831. The molecular formula is C14H21ClO4. The summed E-state index contributed by atoms with van der Waals surface area (Å²) >= 11 is 5.88. The summed E-state index contributed by atoms with van der Waals surface area (Å²) in [4.78, 5) is 0. The molecule has 0 spiro atoms. The molecule has 0 unspecified atom stereocenters. The molecule has 0 aliphatic rings. The minimum absolute atomic E-state index is 0.400. The standard InChI is InChI=1S/C14H21ClO4/c1-16-8-9-18-6-3-7-19-14-5-4-13(17-2)10-12(14)11-15/h4-5,10H,3,6-9,11H2,1-2H3. The number of alkyl halides is 1. The number of hydrogen-bond acceptors (Lipinski definition) is 4. The second-order valence-corrected chi connectivity index (χ2v) is 4.18. The summed E-state index contributed by atoms with van der Waals surface area (Å²) in [7, 11) is 3.29. The quantitative estimate of drug-likeness (QED) is 0.490. The van der Waals surface area contributed by atoms with Gasteiger partial charge in [0.25, 0.3) is 0 Å². The lowest BCUT2D eigenvalue weighted by molar-refractivity contribution is 0.0644. The molecule has 108 valence electrons. The van der Waals surface area contributed by atoms with E-state index in [1.807, 2.05) is 18.2 Å². The number of ether oxygens (including phenoxy) is 4. The molecule has 0 aliphatic carbocycles. The van der Waals surface area contributed by atoms with E-state index in [1.165, 1.54) is 0 Å². The van der Waals surface area contributed by atoms with Crippen molar-refractivity contribution in [3.63, 3.8) is 0 Å². The normalized spacial score (nSPS) is 10.5. The Kier molecular flexibility index (Phi) is 8.38. The highest BCUT2D eigenvalue weighted by Crippen LogP contribution is 2.25. The molecule has 5 heteroatoms. The average molecular weight is 289 g/mol. The van der Waals surface area contributed by atoms with Gasteiger partial charge in [0.05, 0.1) is 32.8 Å². The summed E-state index contributed by atoms with van der Waals surface area (Å²) in [5, 5.41) is 0. The Bertz CT molecular complexity index is 357. The van der Waals surface area contributed by atoms with Crippen LogP contribution in [0.2, 0.25) is 0 Å². The lowest BCUT2D eigenvalue weighted by atomic mass is 10.2. The molecule has 1 rings (SSSR count). The van der Waals surface area contributed by atoms with Gasteiger partial charge in [0.2, 0.25) is 0 Å². The molecule has 0 amide bonds. The molecule has 0 atom stereocenters. The van der Waals surface area contributed by atoms with Crippen LogP contribution in [0.25, 0.3) is 0 Å². The molecule has 0 radical (unpaired) electrons. The second kappa shape index (κ2) is 9.89. The summed E-state index contributed by atoms with van der Waals surface area (Å²) in [6.45, 7) is 2.50. The Morgan fingerprint density at radius 3 is 2.58 bits per heavy atom. The molecule has 4 nitrogen and oxygen atoms in total. The zero-order valence-corrected chi connectivity index (χ0v) is 12.2. The van der Waals surface area contributed by atoms with E-state index < -0.39 is 0 Å². The first-order chi connectivity index (χ1) is 9.31. The number of methoxy groups -OCH3 is 2. The predicted octanol–water partition coefficient (Wildman–Crippen LogP) is 2.87. The maximum atomic E-state index is 5.88. The van der Waals surface area contributed by atoms with Crippen molar-refractivity contribution >= 4 is 11.6 Å². The van der Waals surface area contributed by atoms with Crippen LogP contribution in [0, 0.1) is 0 Å². The third-order valence-electron chi connectivity index (χ3n) is 2.53. The van der Waals surface area contributed by atoms with Crippen molar-refractivity contribution in [2.45, 2.75) is 12.3 Å². The Morgan fingerprint density at radius 2 is 1.89 bits per heavy atom. The summed E-state index contributed by atoms with van der Waals surface area (Å²) in [5.74, 6) is 1.98. The van der Waals surface area contributed by atoms with Crippen molar-refractivity contribution in [2.24, 2.45) is 0 Å². The van der Waals surface area contributed by atoms with Crippen LogP contribution in [0.1, 0.15) is 12.0 Å². The van der Waals surface area contributed by atoms with Gasteiger partial charge in [-0.3, -0.25) is 0 Å². The van der Waals surface area contributed by atoms with E-state index in [0.717, 1.165) is 23.5 Å². The first kappa shape index (κ1) is 16.1. The van der Waals surface area contributed by atoms with Gasteiger partial charge >= 0.3 is 0 Å². The zero-order valence-electron chi connectivity index (χ0n) is 11.5. The molecular weight excluding hydrogens is 268 g/mol. The van der Waals surface area contributed by atoms with Crippen molar-refractivity contribution < 1.29 is 18.9 Å². The van der Waals surface area contributed by atoms with Crippen LogP contribution in [0.15, 0.2) is 18.2 Å². The van der Waals surface area contributed by atoms with E-state index in [9.17, 15) is 0 Å². The number of rotatable bonds is 10. The van der Waals surface area contributed by atoms with Crippen LogP contribution >= 0.6 is 11.6 Å². The van der Waals surface area contributed by atoms with Gasteiger partial charge in [-0.05, 0) is 18.2 Å². The molecule has 0 bridgehead atoms. The van der Waals surface area contributed by atoms with Crippen LogP contribution in [0.5, 0.6) is 11.5 Å². The van der Waals surface area contributed by atoms with Gasteiger partial charge in [0.15, 0.2) is 0 Å². The lowest BCUT2D eigenvalue weighted by Gasteiger charge is -2.11. The molecule has 19 heavy (non-hydrogen) atoms. The Hall–Kier alpha value is -0.970. The van der Waals surface area contributed by atoms with Crippen molar-refractivity contribution in [2.75, 3.05) is 40.6 Å². The van der Waals surface area contributed by atoms with E-state index in [4.69, 9.17) is 30.5 Å². The number of hydrogen-bond donors (Lipinski definition) is 0. The van der Waals surface area contributed by atoms with Crippen molar-refractivity contribution in [3.8, 4) is 11.5 Å². The molecule has 1 aromatic carbocycles. The Balaban J connectivity index is 2.28. The van der Waals surface area contributed by atoms with Gasteiger partial charge in [-0.2, -0.15) is 0 Å². The van der Waals surface area contributed by atoms with Crippen LogP contribution in [-0.2, 0) is 15.4 Å². The molecule has 0 fully saturated rings. The topological polar surface area (TPSA) is 36.9 Å². The molecule has 0 saturated carbocycles. The third kappa shape index (κ3) is 6.14. The van der Waals surface area contributed by atoms with Crippen LogP contribution in [0.3, 0.4) is 0 Å². The summed E-state index contributed by atoms with van der Waals surface area (Å²) in [6, 6.07) is 5.63. The highest BCUT2D eigenvalue weighted by molar-refractivity contribution is 6.17. The largest absolute Gasteiger partial charge is 0.497 e. The first-order valence-electron chi connectivity index (χ1n) is 6.24. The fraction of sp³-hybridized carbons (Fsp3) is 0.571. The zero-order chi connectivity index (χ0) is 13.9. The lowest BCUT2D eigenvalue weighted by Crippen LogP contribution is -2.07. The van der Waals surface area contributed by atoms with Crippen molar-refractivity contribution in [3.05, 3.63) is 23.8 Å². The summed E-state index contributed by atoms with van der Waals surface area (Å²) < 4.78 is 21.1. The van der Waals surface area contributed by atoms with E-state index >= 15 is 0 Å². The third-order valence-corrected chi connectivity index (χ3v) is 2.82. The predicted molar refractivity (Wildman–Crippen MR) is 75.4 cm³/mol. The van der Waals surface area contributed by atoms with E-state index in [1.54, 1.807) is 14.2 Å². The molecule has 0 N–H and O–H groups in total. The molecule has 0 saturated heterocycles. The molecule has 1 aromatic rings. The average Bonchev–Trinajstić information content (AvgIpc) is 2.46. The maximum Gasteiger partial charge on any atom is 0.123 e. The highest BCUT2D eigenvalue weighted by Gasteiger charge is 2.04. The van der Waals surface area contributed by atoms with E-state index in [2.05, 4.69) is 0 Å². The fourth-order valence-electron chi connectivity index (χ4n) is 1.52. The van der Waals surface area contributed by atoms with Crippen LogP contribution in [0.4, 0.5) is 0 Å². The van der Waals surface area contributed by atoms with Gasteiger partial charge in [0.1, 0.15) is 11.5 Å². The fourth-order valence-corrected chi connectivity index (χ4v) is 1.72. The Morgan fingerprint density at radius 1 is 1.05 bits per heavy atom. The maximum absolute atomic E-state index is 5.88. The molecule has 0 aliphatic heterocycles. The van der Waals surface area contributed by atoms with Crippen molar-refractivity contribution in [1.29, 1.82) is 0 Å². The minimum Gasteiger partial charge on any atom is -0.497 e. The van der Waals surface area contributed by atoms with Crippen molar-refractivity contribution in [1.82, 2.24) is 0 Å². The van der Waals surface area contributed by atoms with E-state index in [-0.39, 0.29) is 0 Å². The van der Waals surface area contributed by atoms with Crippen LogP contribution < -0.4 is 9.47 Å². The highest BCUT2D eigenvalue weighted by atomic mass is 35.5. The van der Waals surface area contributed by atoms with Crippen LogP contribution in [-0.4, -0.2) is 40.6 Å². The molecule has 0 aromatic heterocycles. The minimum atomic E-state index is 0.400. The van der Waals surface area contributed by atoms with Gasteiger partial charge in [0, 0.05) is 25.7 Å². The number of benzene rings is 1. The van der Waals surface area contributed by atoms with Gasteiger partial charge in [-0.25, -0.2) is 0 Å². The van der Waals surface area contributed by atoms with Gasteiger partial charge in [-0.1, -0.05) is 0 Å². The number of halogens is 1. The first-order valence-corrected chi connectivity index (χ1v) is 6.77. The Labute approximate surface area is 119 Å². The smallest absolute Gasteiger partial charge is 0.123 e.